The predicted octanol–water partition coefficient (Wildman–Crippen LogP) is 4.24. The summed E-state index contributed by atoms with van der Waals surface area (Å²) in [6.07, 6.45) is 0.308. The molecule has 3 aromatic carbocycles. The second-order valence-electron chi connectivity index (χ2n) is 9.82. The van der Waals surface area contributed by atoms with E-state index >= 15 is 0 Å². The van der Waals surface area contributed by atoms with E-state index in [1.807, 2.05) is 19.9 Å². The molecule has 1 N–H and O–H groups in total. The predicted molar refractivity (Wildman–Crippen MR) is 161 cm³/mol. The van der Waals surface area contributed by atoms with Gasteiger partial charge in [0.15, 0.2) is 0 Å². The van der Waals surface area contributed by atoms with Crippen LogP contribution in [-0.4, -0.2) is 65.1 Å². The second-order valence-corrected chi connectivity index (χ2v) is 11.7. The lowest BCUT2D eigenvalue weighted by molar-refractivity contribution is -0.140. The molecule has 3 rings (SSSR count). The number of nitrogens with zero attached hydrogens (tertiary/aromatic N) is 2. The molecule has 0 aliphatic rings. The summed E-state index contributed by atoms with van der Waals surface area (Å²) in [5.41, 5.74) is 0.838. The fraction of sp³-hybridized carbons (Fsp3) is 0.355. The average molecular weight is 598 g/mol. The molecule has 226 valence electrons. The molecule has 0 bridgehead atoms. The quantitative estimate of drug-likeness (QED) is 0.296. The van der Waals surface area contributed by atoms with Gasteiger partial charge < -0.3 is 24.4 Å². The maximum Gasteiger partial charge on any atom is 0.264 e. The van der Waals surface area contributed by atoms with Crippen molar-refractivity contribution in [3.05, 3.63) is 78.4 Å². The number of rotatable bonds is 14. The van der Waals surface area contributed by atoms with E-state index in [-0.39, 0.29) is 34.8 Å². The molecule has 0 aromatic heterocycles. The molecule has 0 saturated carbocycles. The van der Waals surface area contributed by atoms with Gasteiger partial charge in [0.25, 0.3) is 10.0 Å². The van der Waals surface area contributed by atoms with Crippen LogP contribution in [-0.2, 0) is 26.2 Å². The normalized spacial score (nSPS) is 11.9. The lowest BCUT2D eigenvalue weighted by atomic mass is 10.1. The lowest BCUT2D eigenvalue weighted by Crippen LogP contribution is -2.53. The van der Waals surface area contributed by atoms with Crippen molar-refractivity contribution in [3.63, 3.8) is 0 Å². The van der Waals surface area contributed by atoms with Crippen LogP contribution in [0.4, 0.5) is 5.69 Å². The molecule has 0 unspecified atom stereocenters. The highest BCUT2D eigenvalue weighted by atomic mass is 32.2. The Morgan fingerprint density at radius 1 is 0.857 bits per heavy atom. The Labute approximate surface area is 248 Å². The molecule has 3 aromatic rings. The van der Waals surface area contributed by atoms with Gasteiger partial charge in [-0.15, -0.1) is 0 Å². The monoisotopic (exact) mass is 597 g/mol. The molecule has 0 heterocycles. The highest BCUT2D eigenvalue weighted by molar-refractivity contribution is 7.92. The zero-order valence-electron chi connectivity index (χ0n) is 24.9. The van der Waals surface area contributed by atoms with Gasteiger partial charge in [0.05, 0.1) is 31.9 Å². The highest BCUT2D eigenvalue weighted by Gasteiger charge is 2.35. The van der Waals surface area contributed by atoms with Crippen LogP contribution in [0.3, 0.4) is 0 Å². The molecule has 10 nitrogen and oxygen atoms in total. The first-order chi connectivity index (χ1) is 20.0. The summed E-state index contributed by atoms with van der Waals surface area (Å²) in [5.74, 6) is 0.289. The second kappa shape index (κ2) is 14.6. The van der Waals surface area contributed by atoms with E-state index in [4.69, 9.17) is 14.2 Å². The van der Waals surface area contributed by atoms with Crippen molar-refractivity contribution >= 4 is 27.5 Å². The molecule has 0 fully saturated rings. The van der Waals surface area contributed by atoms with E-state index in [9.17, 15) is 18.0 Å². The molecule has 0 saturated heterocycles. The number of carbonyl (C=O) groups excluding carboxylic acids is 2. The maximum atomic E-state index is 14.2. The number of anilines is 1. The van der Waals surface area contributed by atoms with Crippen molar-refractivity contribution in [1.82, 2.24) is 10.2 Å². The molecule has 1 atom stereocenters. The van der Waals surface area contributed by atoms with Gasteiger partial charge in [-0.1, -0.05) is 37.3 Å². The molecular formula is C31H39N3O7S. The van der Waals surface area contributed by atoms with Crippen LogP contribution in [0.1, 0.15) is 32.8 Å². The Hall–Kier alpha value is -4.25. The Balaban J connectivity index is 2.15. The van der Waals surface area contributed by atoms with Gasteiger partial charge >= 0.3 is 0 Å². The number of hydrogen-bond donors (Lipinski definition) is 1. The Morgan fingerprint density at radius 3 is 2.12 bits per heavy atom. The van der Waals surface area contributed by atoms with E-state index in [2.05, 4.69) is 5.32 Å². The number of sulfonamides is 1. The van der Waals surface area contributed by atoms with Gasteiger partial charge in [0, 0.05) is 18.7 Å². The standard InChI is InChI=1S/C31H39N3O7S/c1-7-27(31(36)32-22(2)3)33(20-23-12-11-13-24(18-23)39-4)30(35)21-34(42(37,38)26-14-9-8-10-15-26)28-19-25(40-5)16-17-29(28)41-6/h8-19,22,27H,7,20-21H2,1-6H3,(H,32,36)/t27-/m0/s1. The van der Waals surface area contributed by atoms with Gasteiger partial charge in [-0.3, -0.25) is 13.9 Å². The fourth-order valence-electron chi connectivity index (χ4n) is 4.49. The van der Waals surface area contributed by atoms with Crippen molar-refractivity contribution in [1.29, 1.82) is 0 Å². The molecular weight excluding hydrogens is 558 g/mol. The number of amides is 2. The SMILES string of the molecule is CC[C@@H](C(=O)NC(C)C)N(Cc1cccc(OC)c1)C(=O)CN(c1cc(OC)ccc1OC)S(=O)(=O)c1ccccc1. The lowest BCUT2D eigenvalue weighted by Gasteiger charge is -2.34. The largest absolute Gasteiger partial charge is 0.497 e. The highest BCUT2D eigenvalue weighted by Crippen LogP contribution is 2.36. The first kappa shape index (κ1) is 32.3. The minimum absolute atomic E-state index is 0.00777. The van der Waals surface area contributed by atoms with Crippen LogP contribution < -0.4 is 23.8 Å². The fourth-order valence-corrected chi connectivity index (χ4v) is 5.93. The molecule has 11 heteroatoms. The summed E-state index contributed by atoms with van der Waals surface area (Å²) < 4.78 is 45.4. The van der Waals surface area contributed by atoms with Gasteiger partial charge in [-0.05, 0) is 62.2 Å². The molecule has 42 heavy (non-hydrogen) atoms. The average Bonchev–Trinajstić information content (AvgIpc) is 2.99. The van der Waals surface area contributed by atoms with E-state index in [0.717, 1.165) is 9.87 Å². The van der Waals surface area contributed by atoms with Gasteiger partial charge in [-0.25, -0.2) is 8.42 Å². The zero-order chi connectivity index (χ0) is 30.9. The van der Waals surface area contributed by atoms with E-state index in [1.165, 1.54) is 37.3 Å². The minimum Gasteiger partial charge on any atom is -0.497 e. The van der Waals surface area contributed by atoms with Crippen LogP contribution in [0.2, 0.25) is 0 Å². The topological polar surface area (TPSA) is 114 Å². The zero-order valence-corrected chi connectivity index (χ0v) is 25.7. The molecule has 0 aliphatic heterocycles. The smallest absolute Gasteiger partial charge is 0.264 e. The first-order valence-corrected chi connectivity index (χ1v) is 15.0. The summed E-state index contributed by atoms with van der Waals surface area (Å²) in [6.45, 7) is 4.93. The number of hydrogen-bond acceptors (Lipinski definition) is 7. The Morgan fingerprint density at radius 2 is 1.52 bits per heavy atom. The van der Waals surface area contributed by atoms with Gasteiger partial charge in [0.2, 0.25) is 11.8 Å². The summed E-state index contributed by atoms with van der Waals surface area (Å²) in [6, 6.07) is 18.7. The van der Waals surface area contributed by atoms with Crippen LogP contribution in [0.5, 0.6) is 17.2 Å². The van der Waals surface area contributed by atoms with Crippen LogP contribution in [0, 0.1) is 0 Å². The third kappa shape index (κ3) is 7.73. The van der Waals surface area contributed by atoms with Gasteiger partial charge in [-0.2, -0.15) is 0 Å². The number of benzene rings is 3. The van der Waals surface area contributed by atoms with Crippen molar-refractivity contribution in [2.75, 3.05) is 32.2 Å². The van der Waals surface area contributed by atoms with E-state index in [1.54, 1.807) is 62.6 Å². The molecule has 2 amide bonds. The molecule has 0 spiro atoms. The van der Waals surface area contributed by atoms with Crippen molar-refractivity contribution < 1.29 is 32.2 Å². The maximum absolute atomic E-state index is 14.2. The summed E-state index contributed by atoms with van der Waals surface area (Å²) in [7, 11) is 0.152. The first-order valence-electron chi connectivity index (χ1n) is 13.6. The van der Waals surface area contributed by atoms with Crippen LogP contribution in [0.15, 0.2) is 77.7 Å². The Kier molecular flexibility index (Phi) is 11.2. The number of carbonyl (C=O) groups is 2. The van der Waals surface area contributed by atoms with Crippen LogP contribution in [0.25, 0.3) is 0 Å². The summed E-state index contributed by atoms with van der Waals surface area (Å²) >= 11 is 0. The third-order valence-corrected chi connectivity index (χ3v) is 8.34. The van der Waals surface area contributed by atoms with E-state index < -0.39 is 28.5 Å². The Bertz CT molecular complexity index is 1460. The van der Waals surface area contributed by atoms with Crippen molar-refractivity contribution in [2.24, 2.45) is 0 Å². The third-order valence-electron chi connectivity index (χ3n) is 6.57. The minimum atomic E-state index is -4.27. The number of methoxy groups -OCH3 is 3. The van der Waals surface area contributed by atoms with Crippen LogP contribution >= 0.6 is 0 Å². The molecule has 0 radical (unpaired) electrons. The summed E-state index contributed by atoms with van der Waals surface area (Å²) in [5, 5.41) is 2.89. The summed E-state index contributed by atoms with van der Waals surface area (Å²) in [4.78, 5) is 29.0. The molecule has 0 aliphatic carbocycles. The number of ether oxygens (including phenoxy) is 3. The van der Waals surface area contributed by atoms with Crippen molar-refractivity contribution in [2.45, 2.75) is 50.7 Å². The van der Waals surface area contributed by atoms with Gasteiger partial charge in [0.1, 0.15) is 29.8 Å². The number of nitrogens with one attached hydrogen (secondary N) is 1. The van der Waals surface area contributed by atoms with E-state index in [0.29, 0.717) is 17.9 Å². The van der Waals surface area contributed by atoms with Crippen molar-refractivity contribution in [3.8, 4) is 17.2 Å².